The summed E-state index contributed by atoms with van der Waals surface area (Å²) in [6.45, 7) is 3.63. The molecule has 1 heterocycles. The summed E-state index contributed by atoms with van der Waals surface area (Å²) < 4.78 is 0.807. The first-order valence-electron chi connectivity index (χ1n) is 5.68. The van der Waals surface area contributed by atoms with Crippen molar-refractivity contribution in [2.24, 2.45) is 0 Å². The van der Waals surface area contributed by atoms with E-state index in [0.717, 1.165) is 4.47 Å². The number of nitrogens with zero attached hydrogens (tertiary/aromatic N) is 1. The van der Waals surface area contributed by atoms with E-state index in [4.69, 9.17) is 11.6 Å². The maximum atomic E-state index is 12.0. The first-order chi connectivity index (χ1) is 8.90. The fourth-order valence-corrected chi connectivity index (χ4v) is 2.37. The summed E-state index contributed by atoms with van der Waals surface area (Å²) in [4.78, 5) is 18.6. The molecule has 100 valence electrons. The minimum absolute atomic E-state index is 0.108. The molecule has 2 aromatic rings. The third kappa shape index (κ3) is 2.82. The topological polar surface area (TPSA) is 66.0 Å². The number of hydrogen-bond acceptors (Lipinski definition) is 3. The van der Waals surface area contributed by atoms with Crippen LogP contribution >= 0.6 is 27.5 Å². The van der Waals surface area contributed by atoms with Crippen LogP contribution in [0.25, 0.3) is 11.4 Å². The van der Waals surface area contributed by atoms with Gasteiger partial charge in [0, 0.05) is 10.0 Å². The molecule has 0 spiro atoms. The van der Waals surface area contributed by atoms with E-state index in [-0.39, 0.29) is 28.7 Å². The van der Waals surface area contributed by atoms with Crippen LogP contribution in [0.3, 0.4) is 0 Å². The number of halogens is 2. The highest BCUT2D eigenvalue weighted by Gasteiger charge is 2.16. The maximum Gasteiger partial charge on any atom is 0.258 e. The monoisotopic (exact) mass is 342 g/mol. The zero-order valence-corrected chi connectivity index (χ0v) is 12.7. The Morgan fingerprint density at radius 2 is 2.11 bits per heavy atom. The molecule has 0 saturated carbocycles. The van der Waals surface area contributed by atoms with Crippen LogP contribution in [0.2, 0.25) is 5.02 Å². The quantitative estimate of drug-likeness (QED) is 0.874. The van der Waals surface area contributed by atoms with Gasteiger partial charge < -0.3 is 10.1 Å². The van der Waals surface area contributed by atoms with Gasteiger partial charge in [0.1, 0.15) is 5.82 Å². The number of aromatic nitrogens is 2. The Balaban J connectivity index is 2.65. The first-order valence-corrected chi connectivity index (χ1v) is 6.86. The summed E-state index contributed by atoms with van der Waals surface area (Å²) in [5.41, 5.74) is 0.474. The van der Waals surface area contributed by atoms with Crippen LogP contribution in [0.4, 0.5) is 0 Å². The molecule has 6 heteroatoms. The fourth-order valence-electron chi connectivity index (χ4n) is 1.80. The molecular formula is C13H12BrClN2O2. The summed E-state index contributed by atoms with van der Waals surface area (Å²) >= 11 is 9.40. The van der Waals surface area contributed by atoms with Crippen LogP contribution in [0.1, 0.15) is 25.3 Å². The van der Waals surface area contributed by atoms with Gasteiger partial charge in [0.2, 0.25) is 5.88 Å². The van der Waals surface area contributed by atoms with Crippen molar-refractivity contribution < 1.29 is 5.11 Å². The second-order valence-corrected chi connectivity index (χ2v) is 5.75. The van der Waals surface area contributed by atoms with Crippen molar-refractivity contribution in [3.63, 3.8) is 0 Å². The van der Waals surface area contributed by atoms with Crippen LogP contribution in [0.15, 0.2) is 27.5 Å². The molecule has 0 unspecified atom stereocenters. The Morgan fingerprint density at radius 1 is 1.42 bits per heavy atom. The first kappa shape index (κ1) is 14.1. The summed E-state index contributed by atoms with van der Waals surface area (Å²) in [5.74, 6) is -0.119. The van der Waals surface area contributed by atoms with Gasteiger partial charge in [-0.3, -0.25) is 4.79 Å². The van der Waals surface area contributed by atoms with Gasteiger partial charge in [-0.15, -0.1) is 0 Å². The highest BCUT2D eigenvalue weighted by atomic mass is 79.9. The smallest absolute Gasteiger partial charge is 0.258 e. The number of aromatic amines is 1. The molecule has 0 aliphatic rings. The summed E-state index contributed by atoms with van der Waals surface area (Å²) in [6.07, 6.45) is 0. The molecule has 2 rings (SSSR count). The van der Waals surface area contributed by atoms with Gasteiger partial charge in [-0.2, -0.15) is 4.98 Å². The Bertz CT molecular complexity index is 683. The fraction of sp³-hybridized carbons (Fsp3) is 0.231. The molecule has 1 aromatic heterocycles. The number of benzene rings is 1. The van der Waals surface area contributed by atoms with Crippen molar-refractivity contribution in [1.29, 1.82) is 0 Å². The minimum atomic E-state index is -0.353. The average molecular weight is 344 g/mol. The van der Waals surface area contributed by atoms with Crippen LogP contribution in [0.5, 0.6) is 5.88 Å². The number of aromatic hydroxyl groups is 1. The van der Waals surface area contributed by atoms with Gasteiger partial charge in [0.15, 0.2) is 0 Å². The van der Waals surface area contributed by atoms with Gasteiger partial charge in [-0.05, 0) is 24.1 Å². The van der Waals surface area contributed by atoms with Crippen LogP contribution in [-0.2, 0) is 0 Å². The Hall–Kier alpha value is -1.33. The predicted octanol–water partition coefficient (Wildman–Crippen LogP) is 3.68. The zero-order chi connectivity index (χ0) is 14.2. The molecule has 1 aromatic carbocycles. The summed E-state index contributed by atoms with van der Waals surface area (Å²) in [7, 11) is 0. The molecule has 0 fully saturated rings. The largest absolute Gasteiger partial charge is 0.493 e. The average Bonchev–Trinajstić information content (AvgIpc) is 2.30. The van der Waals surface area contributed by atoms with Crippen molar-refractivity contribution in [3.05, 3.63) is 43.6 Å². The second kappa shape index (κ2) is 5.35. The molecule has 0 radical (unpaired) electrons. The van der Waals surface area contributed by atoms with Gasteiger partial charge in [0.05, 0.1) is 10.6 Å². The van der Waals surface area contributed by atoms with Crippen LogP contribution in [0, 0.1) is 0 Å². The van der Waals surface area contributed by atoms with E-state index >= 15 is 0 Å². The lowest BCUT2D eigenvalue weighted by atomic mass is 10.1. The third-order valence-corrected chi connectivity index (χ3v) is 3.52. The number of rotatable bonds is 2. The standard InChI is InChI=1S/C13H12BrClN2O2/c1-6(2)10-12(18)16-11(17-13(10)19)8-5-7(14)3-4-9(8)15/h3-6H,1-2H3,(H2,16,17,18,19). The number of H-pyrrole nitrogens is 1. The highest BCUT2D eigenvalue weighted by Crippen LogP contribution is 2.29. The Morgan fingerprint density at radius 3 is 2.68 bits per heavy atom. The molecule has 0 saturated heterocycles. The van der Waals surface area contributed by atoms with Crippen LogP contribution in [-0.4, -0.2) is 15.1 Å². The normalized spacial score (nSPS) is 11.0. The van der Waals surface area contributed by atoms with E-state index < -0.39 is 0 Å². The van der Waals surface area contributed by atoms with E-state index in [0.29, 0.717) is 10.6 Å². The summed E-state index contributed by atoms with van der Waals surface area (Å²) in [6, 6.07) is 5.20. The third-order valence-electron chi connectivity index (χ3n) is 2.70. The van der Waals surface area contributed by atoms with Crippen molar-refractivity contribution in [2.45, 2.75) is 19.8 Å². The second-order valence-electron chi connectivity index (χ2n) is 4.43. The molecule has 0 bridgehead atoms. The Labute approximate surface area is 123 Å². The van der Waals surface area contributed by atoms with Gasteiger partial charge >= 0.3 is 0 Å². The lowest BCUT2D eigenvalue weighted by Crippen LogP contribution is -2.16. The van der Waals surface area contributed by atoms with Crippen molar-refractivity contribution in [3.8, 4) is 17.3 Å². The van der Waals surface area contributed by atoms with Crippen molar-refractivity contribution in [2.75, 3.05) is 0 Å². The number of nitrogens with one attached hydrogen (secondary N) is 1. The molecule has 19 heavy (non-hydrogen) atoms. The van der Waals surface area contributed by atoms with Gasteiger partial charge in [-0.1, -0.05) is 41.4 Å². The van der Waals surface area contributed by atoms with Crippen molar-refractivity contribution in [1.82, 2.24) is 9.97 Å². The van der Waals surface area contributed by atoms with E-state index in [1.54, 1.807) is 18.2 Å². The molecule has 0 atom stereocenters. The maximum absolute atomic E-state index is 12.0. The highest BCUT2D eigenvalue weighted by molar-refractivity contribution is 9.10. The molecule has 0 aliphatic carbocycles. The van der Waals surface area contributed by atoms with E-state index in [2.05, 4.69) is 25.9 Å². The Kier molecular flexibility index (Phi) is 3.96. The van der Waals surface area contributed by atoms with Gasteiger partial charge in [-0.25, -0.2) is 0 Å². The van der Waals surface area contributed by atoms with Crippen LogP contribution < -0.4 is 5.56 Å². The van der Waals surface area contributed by atoms with Crippen molar-refractivity contribution >= 4 is 27.5 Å². The SMILES string of the molecule is CC(C)c1c(O)nc(-c2cc(Br)ccc2Cl)[nH]c1=O. The molecule has 0 amide bonds. The van der Waals surface area contributed by atoms with E-state index in [1.807, 2.05) is 13.8 Å². The molecular weight excluding hydrogens is 332 g/mol. The lowest BCUT2D eigenvalue weighted by Gasteiger charge is -2.09. The zero-order valence-electron chi connectivity index (χ0n) is 10.4. The molecule has 2 N–H and O–H groups in total. The molecule has 0 aliphatic heterocycles. The van der Waals surface area contributed by atoms with E-state index in [1.165, 1.54) is 0 Å². The minimum Gasteiger partial charge on any atom is -0.493 e. The molecule has 4 nitrogen and oxygen atoms in total. The van der Waals surface area contributed by atoms with E-state index in [9.17, 15) is 9.90 Å². The number of hydrogen-bond donors (Lipinski definition) is 2. The summed E-state index contributed by atoms with van der Waals surface area (Å²) in [5, 5.41) is 10.3. The predicted molar refractivity (Wildman–Crippen MR) is 78.8 cm³/mol. The van der Waals surface area contributed by atoms with Gasteiger partial charge in [0.25, 0.3) is 5.56 Å². The lowest BCUT2D eigenvalue weighted by molar-refractivity contribution is 0.440.